The molecule has 0 bridgehead atoms. The number of nitrogens with zero attached hydrogens (tertiary/aromatic N) is 2. The van der Waals surface area contributed by atoms with Gasteiger partial charge in [0.25, 0.3) is 0 Å². The van der Waals surface area contributed by atoms with Crippen molar-refractivity contribution in [1.29, 1.82) is 0 Å². The topological polar surface area (TPSA) is 43.8 Å². The lowest BCUT2D eigenvalue weighted by Gasteiger charge is -2.11. The first-order valence-electron chi connectivity index (χ1n) is 6.07. The summed E-state index contributed by atoms with van der Waals surface area (Å²) in [6.07, 6.45) is 5.80. The van der Waals surface area contributed by atoms with E-state index in [2.05, 4.69) is 35.5 Å². The van der Waals surface area contributed by atoms with E-state index in [0.29, 0.717) is 0 Å². The molecule has 2 aromatic heterocycles. The van der Waals surface area contributed by atoms with Crippen molar-refractivity contribution in [3.8, 4) is 0 Å². The lowest BCUT2D eigenvalue weighted by Crippen LogP contribution is -2.14. The van der Waals surface area contributed by atoms with E-state index in [1.54, 1.807) is 0 Å². The summed E-state index contributed by atoms with van der Waals surface area (Å²) in [5.74, 6) is 0. The van der Waals surface area contributed by atoms with Gasteiger partial charge in [0, 0.05) is 22.0 Å². The summed E-state index contributed by atoms with van der Waals surface area (Å²) in [4.78, 5) is 7.00. The molecule has 2 heterocycles. The number of imidazole rings is 1. The smallest absolute Gasteiger partial charge is 0.0952 e. The fourth-order valence-corrected chi connectivity index (χ4v) is 2.80. The average Bonchev–Trinajstić information content (AvgIpc) is 2.97. The van der Waals surface area contributed by atoms with Gasteiger partial charge in [-0.15, -0.1) is 11.3 Å². The predicted octanol–water partition coefficient (Wildman–Crippen LogP) is 2.97. The van der Waals surface area contributed by atoms with Crippen LogP contribution < -0.4 is 5.73 Å². The molecule has 1 atom stereocenters. The van der Waals surface area contributed by atoms with Gasteiger partial charge in [-0.25, -0.2) is 4.98 Å². The minimum atomic E-state index is 0.0862. The summed E-state index contributed by atoms with van der Waals surface area (Å²) < 4.78 is 2.15. The van der Waals surface area contributed by atoms with E-state index in [1.165, 1.54) is 9.75 Å². The van der Waals surface area contributed by atoms with Crippen LogP contribution in [0.1, 0.15) is 41.8 Å². The van der Waals surface area contributed by atoms with Gasteiger partial charge < -0.3 is 10.3 Å². The number of rotatable bonds is 5. The standard InChI is InChI=1S/C13H19N3S/c1-3-10-5-6-11(17-10)8-16-9-15-7-13(16)12(14)4-2/h5-7,9,12H,3-4,8,14H2,1-2H3/t12-/m1/s1. The molecule has 0 aliphatic heterocycles. The molecule has 0 aliphatic rings. The number of aromatic nitrogens is 2. The van der Waals surface area contributed by atoms with Gasteiger partial charge in [0.05, 0.1) is 18.6 Å². The van der Waals surface area contributed by atoms with Crippen LogP contribution in [0.15, 0.2) is 24.7 Å². The summed E-state index contributed by atoms with van der Waals surface area (Å²) in [5.41, 5.74) is 7.19. The second kappa shape index (κ2) is 5.47. The van der Waals surface area contributed by atoms with E-state index in [-0.39, 0.29) is 6.04 Å². The highest BCUT2D eigenvalue weighted by molar-refractivity contribution is 7.11. The van der Waals surface area contributed by atoms with Crippen molar-refractivity contribution < 1.29 is 0 Å². The van der Waals surface area contributed by atoms with E-state index < -0.39 is 0 Å². The Labute approximate surface area is 106 Å². The number of aryl methyl sites for hydroxylation is 1. The molecule has 3 nitrogen and oxygen atoms in total. The van der Waals surface area contributed by atoms with Crippen LogP contribution >= 0.6 is 11.3 Å². The Hall–Kier alpha value is -1.13. The van der Waals surface area contributed by atoms with Gasteiger partial charge in [-0.3, -0.25) is 0 Å². The van der Waals surface area contributed by atoms with Crippen LogP contribution in [0.25, 0.3) is 0 Å². The third kappa shape index (κ3) is 2.76. The fraction of sp³-hybridized carbons (Fsp3) is 0.462. The summed E-state index contributed by atoms with van der Waals surface area (Å²) in [6, 6.07) is 4.49. The molecule has 0 amide bonds. The molecular formula is C13H19N3S. The van der Waals surface area contributed by atoms with Crippen molar-refractivity contribution in [2.45, 2.75) is 39.3 Å². The molecule has 92 valence electrons. The van der Waals surface area contributed by atoms with Crippen LogP contribution in [-0.4, -0.2) is 9.55 Å². The van der Waals surface area contributed by atoms with Gasteiger partial charge >= 0.3 is 0 Å². The average molecular weight is 249 g/mol. The van der Waals surface area contributed by atoms with Crippen molar-refractivity contribution in [2.24, 2.45) is 5.73 Å². The maximum Gasteiger partial charge on any atom is 0.0952 e. The minimum Gasteiger partial charge on any atom is -0.328 e. The summed E-state index contributed by atoms with van der Waals surface area (Å²) in [6.45, 7) is 5.17. The van der Waals surface area contributed by atoms with Crippen LogP contribution in [0.4, 0.5) is 0 Å². The lowest BCUT2D eigenvalue weighted by molar-refractivity contribution is 0.621. The van der Waals surface area contributed by atoms with Crippen LogP contribution in [0.3, 0.4) is 0 Å². The minimum absolute atomic E-state index is 0.0862. The Bertz CT molecular complexity index is 472. The molecule has 4 heteroatoms. The van der Waals surface area contributed by atoms with Crippen molar-refractivity contribution in [3.05, 3.63) is 40.1 Å². The molecule has 0 unspecified atom stereocenters. The monoisotopic (exact) mass is 249 g/mol. The third-order valence-electron chi connectivity index (χ3n) is 2.96. The van der Waals surface area contributed by atoms with Gasteiger partial charge in [0.1, 0.15) is 0 Å². The van der Waals surface area contributed by atoms with Crippen molar-refractivity contribution in [2.75, 3.05) is 0 Å². The molecule has 2 N–H and O–H groups in total. The number of nitrogens with two attached hydrogens (primary N) is 1. The van der Waals surface area contributed by atoms with Gasteiger partial charge in [0.2, 0.25) is 0 Å². The molecule has 2 aromatic rings. The van der Waals surface area contributed by atoms with Crippen LogP contribution in [0.5, 0.6) is 0 Å². The summed E-state index contributed by atoms with van der Waals surface area (Å²) >= 11 is 1.87. The van der Waals surface area contributed by atoms with Gasteiger partial charge in [-0.1, -0.05) is 13.8 Å². The quantitative estimate of drug-likeness (QED) is 0.885. The second-order valence-corrected chi connectivity index (χ2v) is 5.44. The Morgan fingerprint density at radius 3 is 2.76 bits per heavy atom. The van der Waals surface area contributed by atoms with Crippen molar-refractivity contribution >= 4 is 11.3 Å². The van der Waals surface area contributed by atoms with E-state index >= 15 is 0 Å². The van der Waals surface area contributed by atoms with Crippen LogP contribution in [0, 0.1) is 0 Å². The number of hydrogen-bond donors (Lipinski definition) is 1. The zero-order chi connectivity index (χ0) is 12.3. The van der Waals surface area contributed by atoms with E-state index in [0.717, 1.165) is 25.1 Å². The largest absolute Gasteiger partial charge is 0.328 e. The first-order chi connectivity index (χ1) is 8.24. The molecule has 0 fully saturated rings. The maximum absolute atomic E-state index is 6.07. The zero-order valence-electron chi connectivity index (χ0n) is 10.4. The third-order valence-corrected chi connectivity index (χ3v) is 4.17. The first kappa shape index (κ1) is 12.3. The Balaban J connectivity index is 2.15. The molecule has 0 aliphatic carbocycles. The van der Waals surface area contributed by atoms with Gasteiger partial charge in [-0.05, 0) is 25.0 Å². The summed E-state index contributed by atoms with van der Waals surface area (Å²) in [7, 11) is 0. The van der Waals surface area contributed by atoms with Crippen LogP contribution in [0.2, 0.25) is 0 Å². The molecule has 0 spiro atoms. The van der Waals surface area contributed by atoms with Crippen molar-refractivity contribution in [3.63, 3.8) is 0 Å². The highest BCUT2D eigenvalue weighted by Crippen LogP contribution is 2.20. The molecular weight excluding hydrogens is 230 g/mol. The molecule has 0 radical (unpaired) electrons. The Morgan fingerprint density at radius 2 is 2.12 bits per heavy atom. The maximum atomic E-state index is 6.07. The molecule has 17 heavy (non-hydrogen) atoms. The molecule has 0 saturated carbocycles. The highest BCUT2D eigenvalue weighted by Gasteiger charge is 2.10. The number of thiophene rings is 1. The normalized spacial score (nSPS) is 12.9. The van der Waals surface area contributed by atoms with Gasteiger partial charge in [-0.2, -0.15) is 0 Å². The van der Waals surface area contributed by atoms with E-state index in [9.17, 15) is 0 Å². The second-order valence-electron chi connectivity index (χ2n) is 4.18. The fourth-order valence-electron chi connectivity index (χ4n) is 1.85. The predicted molar refractivity (Wildman–Crippen MR) is 72.2 cm³/mol. The zero-order valence-corrected chi connectivity index (χ0v) is 11.2. The molecule has 0 aromatic carbocycles. The lowest BCUT2D eigenvalue weighted by atomic mass is 10.2. The molecule has 0 saturated heterocycles. The van der Waals surface area contributed by atoms with E-state index in [1.807, 2.05) is 23.9 Å². The number of hydrogen-bond acceptors (Lipinski definition) is 3. The Morgan fingerprint density at radius 1 is 1.35 bits per heavy atom. The summed E-state index contributed by atoms with van der Waals surface area (Å²) in [5, 5.41) is 0. The molecule has 2 rings (SSSR count). The Kier molecular flexibility index (Phi) is 3.97. The van der Waals surface area contributed by atoms with Gasteiger partial charge in [0.15, 0.2) is 0 Å². The van der Waals surface area contributed by atoms with E-state index in [4.69, 9.17) is 5.73 Å². The highest BCUT2D eigenvalue weighted by atomic mass is 32.1. The SMILES string of the molecule is CCc1ccc(Cn2cncc2[C@H](N)CC)s1. The van der Waals surface area contributed by atoms with Crippen molar-refractivity contribution in [1.82, 2.24) is 9.55 Å². The first-order valence-corrected chi connectivity index (χ1v) is 6.89. The van der Waals surface area contributed by atoms with Crippen LogP contribution in [-0.2, 0) is 13.0 Å².